The number of carboxylic acid groups (broad SMARTS) is 1. The second kappa shape index (κ2) is 20.2. The van der Waals surface area contributed by atoms with Crippen LogP contribution in [0.5, 0.6) is 0 Å². The van der Waals surface area contributed by atoms with Gasteiger partial charge in [-0.15, -0.1) is 0 Å². The van der Waals surface area contributed by atoms with Gasteiger partial charge < -0.3 is 9.90 Å². The molecule has 2 nitrogen and oxygen atoms in total. The SMILES string of the molecule is CCCCCCCCCCC/C=C/CCCCC(=O)[O-].[Na+]. The molecule has 0 rings (SSSR count). The summed E-state index contributed by atoms with van der Waals surface area (Å²) in [5.41, 5.74) is 0. The van der Waals surface area contributed by atoms with Gasteiger partial charge in [0.25, 0.3) is 0 Å². The summed E-state index contributed by atoms with van der Waals surface area (Å²) in [5.74, 6) is -0.927. The third-order valence-corrected chi connectivity index (χ3v) is 3.64. The maximum Gasteiger partial charge on any atom is 1.00 e. The van der Waals surface area contributed by atoms with Gasteiger partial charge in [0.2, 0.25) is 0 Å². The molecule has 0 saturated heterocycles. The summed E-state index contributed by atoms with van der Waals surface area (Å²) in [6, 6.07) is 0. The molecule has 3 heteroatoms. The summed E-state index contributed by atoms with van der Waals surface area (Å²) in [6.45, 7) is 2.26. The summed E-state index contributed by atoms with van der Waals surface area (Å²) >= 11 is 0. The van der Waals surface area contributed by atoms with E-state index in [0.29, 0.717) is 0 Å². The van der Waals surface area contributed by atoms with E-state index >= 15 is 0 Å². The number of hydrogen-bond acceptors (Lipinski definition) is 2. The Morgan fingerprint density at radius 2 is 1.19 bits per heavy atom. The van der Waals surface area contributed by atoms with Gasteiger partial charge in [0.1, 0.15) is 0 Å². The molecule has 21 heavy (non-hydrogen) atoms. The zero-order valence-corrected chi connectivity index (χ0v) is 16.4. The van der Waals surface area contributed by atoms with Crippen molar-refractivity contribution >= 4 is 5.97 Å². The summed E-state index contributed by atoms with van der Waals surface area (Å²) in [5, 5.41) is 10.2. The van der Waals surface area contributed by atoms with Gasteiger partial charge in [0.15, 0.2) is 0 Å². The van der Waals surface area contributed by atoms with Crippen LogP contribution in [-0.2, 0) is 4.79 Å². The molecular formula is C18H33NaO2. The van der Waals surface area contributed by atoms with Crippen molar-refractivity contribution in [2.75, 3.05) is 0 Å². The molecule has 0 saturated carbocycles. The molecule has 0 aromatic rings. The fourth-order valence-electron chi connectivity index (χ4n) is 2.34. The molecule has 0 N–H and O–H groups in total. The summed E-state index contributed by atoms with van der Waals surface area (Å²) in [6.07, 6.45) is 20.9. The quantitative estimate of drug-likeness (QED) is 0.263. The number of carbonyl (C=O) groups excluding carboxylic acids is 1. The molecule has 0 aliphatic carbocycles. The monoisotopic (exact) mass is 304 g/mol. The van der Waals surface area contributed by atoms with Gasteiger partial charge in [-0.25, -0.2) is 0 Å². The van der Waals surface area contributed by atoms with Gasteiger partial charge in [0.05, 0.1) is 0 Å². The van der Waals surface area contributed by atoms with Crippen molar-refractivity contribution in [3.8, 4) is 0 Å². The van der Waals surface area contributed by atoms with E-state index in [1.54, 1.807) is 0 Å². The Balaban J connectivity index is 0. The number of carboxylic acids is 1. The average molecular weight is 304 g/mol. The van der Waals surface area contributed by atoms with Gasteiger partial charge in [0, 0.05) is 5.97 Å². The van der Waals surface area contributed by atoms with Crippen LogP contribution in [0.2, 0.25) is 0 Å². The third kappa shape index (κ3) is 22.6. The molecule has 0 fully saturated rings. The molecule has 0 heterocycles. The van der Waals surface area contributed by atoms with Crippen molar-refractivity contribution < 1.29 is 39.5 Å². The van der Waals surface area contributed by atoms with E-state index in [1.807, 2.05) is 0 Å². The summed E-state index contributed by atoms with van der Waals surface area (Å²) < 4.78 is 0. The van der Waals surface area contributed by atoms with Crippen LogP contribution in [0, 0.1) is 0 Å². The van der Waals surface area contributed by atoms with Crippen LogP contribution < -0.4 is 34.7 Å². The van der Waals surface area contributed by atoms with E-state index in [-0.39, 0.29) is 36.0 Å². The Bertz CT molecular complexity index is 239. The fourth-order valence-corrected chi connectivity index (χ4v) is 2.34. The number of hydrogen-bond donors (Lipinski definition) is 0. The largest absolute Gasteiger partial charge is 1.00 e. The van der Waals surface area contributed by atoms with Crippen LogP contribution >= 0.6 is 0 Å². The normalized spacial score (nSPS) is 10.7. The summed E-state index contributed by atoms with van der Waals surface area (Å²) in [7, 11) is 0. The molecular weight excluding hydrogens is 271 g/mol. The molecule has 0 unspecified atom stereocenters. The predicted molar refractivity (Wildman–Crippen MR) is 84.5 cm³/mol. The first-order valence-corrected chi connectivity index (χ1v) is 8.62. The number of allylic oxidation sites excluding steroid dienone is 2. The Morgan fingerprint density at radius 3 is 1.67 bits per heavy atom. The van der Waals surface area contributed by atoms with Crippen molar-refractivity contribution in [2.45, 2.75) is 96.8 Å². The first-order chi connectivity index (χ1) is 9.77. The smallest absolute Gasteiger partial charge is 0.550 e. The van der Waals surface area contributed by atoms with Crippen molar-refractivity contribution in [1.82, 2.24) is 0 Å². The maximum absolute atomic E-state index is 10.2. The molecule has 0 bridgehead atoms. The van der Waals surface area contributed by atoms with E-state index in [2.05, 4.69) is 19.1 Å². The van der Waals surface area contributed by atoms with Gasteiger partial charge >= 0.3 is 29.6 Å². The third-order valence-electron chi connectivity index (χ3n) is 3.64. The van der Waals surface area contributed by atoms with Crippen LogP contribution in [-0.4, -0.2) is 5.97 Å². The number of unbranched alkanes of at least 4 members (excludes halogenated alkanes) is 11. The minimum Gasteiger partial charge on any atom is -0.550 e. The van der Waals surface area contributed by atoms with Crippen LogP contribution in [0.4, 0.5) is 0 Å². The Labute approximate surface area is 154 Å². The summed E-state index contributed by atoms with van der Waals surface area (Å²) in [4.78, 5) is 10.2. The van der Waals surface area contributed by atoms with Gasteiger partial charge in [-0.05, 0) is 38.5 Å². The number of aliphatic carboxylic acids is 1. The maximum atomic E-state index is 10.2. The minimum absolute atomic E-state index is 0. The Hall–Kier alpha value is 0.210. The van der Waals surface area contributed by atoms with Crippen LogP contribution in [0.15, 0.2) is 12.2 Å². The van der Waals surface area contributed by atoms with E-state index in [1.165, 1.54) is 64.2 Å². The molecule has 0 aliphatic heterocycles. The molecule has 118 valence electrons. The van der Waals surface area contributed by atoms with Crippen molar-refractivity contribution in [3.63, 3.8) is 0 Å². The molecule has 0 aliphatic rings. The fraction of sp³-hybridized carbons (Fsp3) is 0.833. The first kappa shape index (κ1) is 23.5. The van der Waals surface area contributed by atoms with E-state index in [0.717, 1.165) is 19.3 Å². The predicted octanol–water partition coefficient (Wildman–Crippen LogP) is 1.78. The molecule has 0 amide bonds. The standard InChI is InChI=1S/C18H34O2.Na/c1-2-3-4-5-6-7-8-9-10-11-12-13-14-15-16-17-18(19)20;/h12-13H,2-11,14-17H2,1H3,(H,19,20);/q;+1/p-1/b13-12+;. The van der Waals surface area contributed by atoms with Crippen LogP contribution in [0.25, 0.3) is 0 Å². The molecule has 0 atom stereocenters. The molecule has 0 spiro atoms. The van der Waals surface area contributed by atoms with Gasteiger partial charge in [-0.3, -0.25) is 0 Å². The number of carbonyl (C=O) groups is 1. The van der Waals surface area contributed by atoms with Gasteiger partial charge in [-0.2, -0.15) is 0 Å². The van der Waals surface area contributed by atoms with E-state index in [4.69, 9.17) is 0 Å². The zero-order chi connectivity index (χ0) is 14.9. The second-order valence-corrected chi connectivity index (χ2v) is 5.71. The number of rotatable bonds is 15. The molecule has 0 radical (unpaired) electrons. The molecule has 0 aromatic carbocycles. The van der Waals surface area contributed by atoms with Gasteiger partial charge in [-0.1, -0.05) is 70.4 Å². The second-order valence-electron chi connectivity index (χ2n) is 5.71. The van der Waals surface area contributed by atoms with Crippen molar-refractivity contribution in [3.05, 3.63) is 12.2 Å². The van der Waals surface area contributed by atoms with E-state index < -0.39 is 5.97 Å². The zero-order valence-electron chi connectivity index (χ0n) is 14.4. The van der Waals surface area contributed by atoms with E-state index in [9.17, 15) is 9.90 Å². The first-order valence-electron chi connectivity index (χ1n) is 8.62. The topological polar surface area (TPSA) is 40.1 Å². The van der Waals surface area contributed by atoms with Crippen LogP contribution in [0.3, 0.4) is 0 Å². The Morgan fingerprint density at radius 1 is 0.762 bits per heavy atom. The average Bonchev–Trinajstić information content (AvgIpc) is 2.43. The minimum atomic E-state index is -0.927. The Kier molecular flexibility index (Phi) is 22.6. The molecule has 0 aromatic heterocycles. The van der Waals surface area contributed by atoms with Crippen molar-refractivity contribution in [2.24, 2.45) is 0 Å². The van der Waals surface area contributed by atoms with Crippen LogP contribution in [0.1, 0.15) is 96.8 Å². The van der Waals surface area contributed by atoms with Crippen molar-refractivity contribution in [1.29, 1.82) is 0 Å².